The third-order valence-electron chi connectivity index (χ3n) is 4.82. The molecule has 1 amide bonds. The van der Waals surface area contributed by atoms with Gasteiger partial charge in [-0.25, -0.2) is 4.98 Å². The Bertz CT molecular complexity index is 1310. The Balaban J connectivity index is 1.46. The average molecular weight is 497 g/mol. The van der Waals surface area contributed by atoms with Crippen LogP contribution in [0.5, 0.6) is 5.19 Å². The molecule has 4 aromatic heterocycles. The summed E-state index contributed by atoms with van der Waals surface area (Å²) >= 11 is 7.42. The Kier molecular flexibility index (Phi) is 6.82. The van der Waals surface area contributed by atoms with Crippen molar-refractivity contribution in [3.8, 4) is 16.3 Å². The third kappa shape index (κ3) is 5.53. The first-order chi connectivity index (χ1) is 16.2. The van der Waals surface area contributed by atoms with Crippen LogP contribution in [0.4, 0.5) is 5.13 Å². The second-order valence-electron chi connectivity index (χ2n) is 7.93. The minimum atomic E-state index is -0.966. The number of aryl methyl sites for hydroxylation is 1. The van der Waals surface area contributed by atoms with Gasteiger partial charge in [-0.05, 0) is 67.5 Å². The topological polar surface area (TPSA) is 123 Å². The number of anilines is 1. The number of hydrogen-bond acceptors (Lipinski definition) is 9. The minimum Gasteiger partial charge on any atom is -0.462 e. The maximum absolute atomic E-state index is 13.1. The fraction of sp³-hybridized carbons (Fsp3) is 0.217. The lowest BCUT2D eigenvalue weighted by Crippen LogP contribution is -2.16. The van der Waals surface area contributed by atoms with Crippen LogP contribution in [0.1, 0.15) is 41.2 Å². The molecular weight excluding hydrogens is 476 g/mol. The van der Waals surface area contributed by atoms with E-state index in [0.29, 0.717) is 22.5 Å². The predicted octanol–water partition coefficient (Wildman–Crippen LogP) is 4.41. The van der Waals surface area contributed by atoms with Crippen LogP contribution in [0.15, 0.2) is 48.9 Å². The van der Waals surface area contributed by atoms with E-state index in [0.717, 1.165) is 16.9 Å². The van der Waals surface area contributed by atoms with Crippen LogP contribution in [0.25, 0.3) is 11.1 Å². The number of ether oxygens (including phenoxy) is 1. The lowest BCUT2D eigenvalue weighted by atomic mass is 10.0. The van der Waals surface area contributed by atoms with Crippen LogP contribution in [0.3, 0.4) is 0 Å². The van der Waals surface area contributed by atoms with Gasteiger partial charge in [0, 0.05) is 29.8 Å². The monoisotopic (exact) mass is 496 g/mol. The molecule has 4 aromatic rings. The van der Waals surface area contributed by atoms with Crippen LogP contribution < -0.4 is 10.1 Å². The van der Waals surface area contributed by atoms with E-state index in [1.165, 1.54) is 0 Å². The van der Waals surface area contributed by atoms with Crippen LogP contribution in [-0.4, -0.2) is 36.2 Å². The van der Waals surface area contributed by atoms with Gasteiger partial charge in [-0.1, -0.05) is 22.8 Å². The van der Waals surface area contributed by atoms with Crippen molar-refractivity contribution in [2.24, 2.45) is 0 Å². The van der Waals surface area contributed by atoms with Gasteiger partial charge >= 0.3 is 0 Å². The van der Waals surface area contributed by atoms with Gasteiger partial charge in [0.2, 0.25) is 5.13 Å². The molecule has 0 aliphatic rings. The van der Waals surface area contributed by atoms with E-state index < -0.39 is 11.5 Å². The van der Waals surface area contributed by atoms with Crippen molar-refractivity contribution in [2.75, 3.05) is 5.32 Å². The van der Waals surface area contributed by atoms with Crippen LogP contribution in [0.2, 0.25) is 5.15 Å². The number of amides is 1. The fourth-order valence-electron chi connectivity index (χ4n) is 3.10. The summed E-state index contributed by atoms with van der Waals surface area (Å²) in [5.41, 5.74) is 2.74. The van der Waals surface area contributed by atoms with Crippen molar-refractivity contribution in [2.45, 2.75) is 33.0 Å². The SMILES string of the molecule is Cc1cc(-c2ccncc2)c(C(=O)Nc2nnc(OCc3ccc(C(C)(C)O)cn3)s2)c(Cl)n1. The smallest absolute Gasteiger partial charge is 0.296 e. The summed E-state index contributed by atoms with van der Waals surface area (Å²) in [5.74, 6) is -0.462. The quantitative estimate of drug-likeness (QED) is 0.360. The molecule has 0 saturated heterocycles. The lowest BCUT2D eigenvalue weighted by Gasteiger charge is -2.17. The zero-order valence-corrected chi connectivity index (χ0v) is 20.2. The Hall–Kier alpha value is -3.47. The van der Waals surface area contributed by atoms with Crippen LogP contribution >= 0.6 is 22.9 Å². The van der Waals surface area contributed by atoms with Gasteiger partial charge in [-0.3, -0.25) is 20.1 Å². The molecule has 4 heterocycles. The Morgan fingerprint density at radius 1 is 1.21 bits per heavy atom. The van der Waals surface area contributed by atoms with Crippen molar-refractivity contribution < 1.29 is 14.6 Å². The van der Waals surface area contributed by atoms with Crippen molar-refractivity contribution in [1.82, 2.24) is 25.1 Å². The summed E-state index contributed by atoms with van der Waals surface area (Å²) in [6.45, 7) is 5.35. The standard InChI is InChI=1S/C23H21ClN6O3S/c1-13-10-17(14-6-8-25-9-7-14)18(19(24)27-13)20(31)28-21-29-30-22(34-21)33-12-16-5-4-15(11-26-16)23(2,3)32/h4-11,32H,12H2,1-3H3,(H,28,29,31). The predicted molar refractivity (Wildman–Crippen MR) is 129 cm³/mol. The number of aliphatic hydroxyl groups is 1. The molecule has 11 heteroatoms. The van der Waals surface area contributed by atoms with Gasteiger partial charge in [0.1, 0.15) is 11.8 Å². The van der Waals surface area contributed by atoms with Crippen LogP contribution in [-0.2, 0) is 12.2 Å². The molecule has 0 bridgehead atoms. The average Bonchev–Trinajstić information content (AvgIpc) is 3.24. The van der Waals surface area contributed by atoms with E-state index >= 15 is 0 Å². The molecular formula is C23H21ClN6O3S. The van der Waals surface area contributed by atoms with E-state index in [-0.39, 0.29) is 27.6 Å². The lowest BCUT2D eigenvalue weighted by molar-refractivity contribution is 0.0781. The molecule has 174 valence electrons. The van der Waals surface area contributed by atoms with E-state index in [2.05, 4.69) is 30.5 Å². The summed E-state index contributed by atoms with van der Waals surface area (Å²) in [7, 11) is 0. The van der Waals surface area contributed by atoms with Crippen molar-refractivity contribution in [1.29, 1.82) is 0 Å². The molecule has 0 unspecified atom stereocenters. The maximum atomic E-state index is 13.1. The van der Waals surface area contributed by atoms with Gasteiger partial charge in [-0.15, -0.1) is 5.10 Å². The number of aromatic nitrogens is 5. The molecule has 34 heavy (non-hydrogen) atoms. The number of carbonyl (C=O) groups is 1. The van der Waals surface area contributed by atoms with Gasteiger partial charge in [0.05, 0.1) is 16.9 Å². The zero-order valence-electron chi connectivity index (χ0n) is 18.6. The highest BCUT2D eigenvalue weighted by Gasteiger charge is 2.21. The molecule has 0 spiro atoms. The number of pyridine rings is 3. The van der Waals surface area contributed by atoms with Crippen molar-refractivity contribution in [3.63, 3.8) is 0 Å². The highest BCUT2D eigenvalue weighted by molar-refractivity contribution is 7.17. The Labute approximate surface area is 204 Å². The summed E-state index contributed by atoms with van der Waals surface area (Å²) in [5, 5.41) is 21.3. The molecule has 0 atom stereocenters. The third-order valence-corrected chi connectivity index (χ3v) is 5.85. The number of nitrogens with zero attached hydrogens (tertiary/aromatic N) is 5. The number of hydrogen-bond donors (Lipinski definition) is 2. The first kappa shape index (κ1) is 23.7. The van der Waals surface area contributed by atoms with E-state index in [1.807, 2.05) is 0 Å². The van der Waals surface area contributed by atoms with E-state index in [1.54, 1.807) is 69.7 Å². The summed E-state index contributed by atoms with van der Waals surface area (Å²) in [6.07, 6.45) is 4.88. The highest BCUT2D eigenvalue weighted by atomic mass is 35.5. The number of nitrogens with one attached hydrogen (secondary N) is 1. The highest BCUT2D eigenvalue weighted by Crippen LogP contribution is 2.31. The van der Waals surface area contributed by atoms with E-state index in [4.69, 9.17) is 16.3 Å². The summed E-state index contributed by atoms with van der Waals surface area (Å²) < 4.78 is 5.64. The summed E-state index contributed by atoms with van der Waals surface area (Å²) in [4.78, 5) is 25.6. The molecule has 4 rings (SSSR count). The molecule has 0 aliphatic carbocycles. The van der Waals surface area contributed by atoms with Gasteiger partial charge in [-0.2, -0.15) is 0 Å². The van der Waals surface area contributed by atoms with Crippen molar-refractivity contribution in [3.05, 3.63) is 76.6 Å². The summed E-state index contributed by atoms with van der Waals surface area (Å²) in [6, 6.07) is 8.93. The number of rotatable bonds is 7. The number of halogens is 1. The van der Waals surface area contributed by atoms with Gasteiger partial charge < -0.3 is 9.84 Å². The first-order valence-electron chi connectivity index (χ1n) is 10.2. The fourth-order valence-corrected chi connectivity index (χ4v) is 4.01. The van der Waals surface area contributed by atoms with Gasteiger partial charge in [0.25, 0.3) is 11.1 Å². The molecule has 9 nitrogen and oxygen atoms in total. The molecule has 0 radical (unpaired) electrons. The normalized spacial score (nSPS) is 11.3. The maximum Gasteiger partial charge on any atom is 0.296 e. The molecule has 0 saturated carbocycles. The second kappa shape index (κ2) is 9.80. The molecule has 0 aromatic carbocycles. The van der Waals surface area contributed by atoms with Crippen molar-refractivity contribution >= 4 is 34.0 Å². The number of carbonyl (C=O) groups excluding carboxylic acids is 1. The van der Waals surface area contributed by atoms with Crippen LogP contribution in [0, 0.1) is 6.92 Å². The first-order valence-corrected chi connectivity index (χ1v) is 11.4. The molecule has 0 fully saturated rings. The van der Waals surface area contributed by atoms with E-state index in [9.17, 15) is 9.90 Å². The molecule has 2 N–H and O–H groups in total. The molecule has 0 aliphatic heterocycles. The Morgan fingerprint density at radius 2 is 1.97 bits per heavy atom. The Morgan fingerprint density at radius 3 is 2.65 bits per heavy atom. The van der Waals surface area contributed by atoms with Gasteiger partial charge in [0.15, 0.2) is 0 Å². The minimum absolute atomic E-state index is 0.0888. The largest absolute Gasteiger partial charge is 0.462 e. The zero-order chi connectivity index (χ0) is 24.3. The second-order valence-corrected chi connectivity index (χ2v) is 9.22.